The van der Waals surface area contributed by atoms with E-state index in [0.29, 0.717) is 5.52 Å². The van der Waals surface area contributed by atoms with Crippen LogP contribution in [0, 0.1) is 5.82 Å². The van der Waals surface area contributed by atoms with Crippen LogP contribution in [0.25, 0.3) is 10.9 Å². The summed E-state index contributed by atoms with van der Waals surface area (Å²) in [5.41, 5.74) is -0.0385. The van der Waals surface area contributed by atoms with E-state index in [4.69, 9.17) is 0 Å². The summed E-state index contributed by atoms with van der Waals surface area (Å²) < 4.78 is 56.1. The highest BCUT2D eigenvalue weighted by atomic mass is 19.4. The molecule has 0 radical (unpaired) electrons. The van der Waals surface area contributed by atoms with Gasteiger partial charge in [-0.25, -0.2) is 4.39 Å². The molecule has 19 heavy (non-hydrogen) atoms. The fraction of sp³-hybridized carbons (Fsp3) is 0.250. The average Bonchev–Trinajstić information content (AvgIpc) is 2.70. The Morgan fingerprint density at radius 2 is 2.05 bits per heavy atom. The first-order valence-corrected chi connectivity index (χ1v) is 5.25. The van der Waals surface area contributed by atoms with E-state index in [1.165, 1.54) is 6.07 Å². The van der Waals surface area contributed by atoms with E-state index in [2.05, 4.69) is 9.72 Å². The third-order valence-corrected chi connectivity index (χ3v) is 2.75. The van der Waals surface area contributed by atoms with Crippen molar-refractivity contribution in [3.63, 3.8) is 0 Å². The number of ether oxygens (including phenoxy) is 1. The first kappa shape index (κ1) is 13.4. The van der Waals surface area contributed by atoms with Gasteiger partial charge in [0.1, 0.15) is 5.82 Å². The SMILES string of the molecule is COC(=O)C(c1c[nH]c2ccc(F)cc12)C(F)(F)F. The number of hydrogen-bond donors (Lipinski definition) is 1. The molecule has 0 bridgehead atoms. The van der Waals surface area contributed by atoms with Crippen LogP contribution < -0.4 is 0 Å². The van der Waals surface area contributed by atoms with Gasteiger partial charge in [-0.3, -0.25) is 4.79 Å². The summed E-state index contributed by atoms with van der Waals surface area (Å²) in [5, 5.41) is 0.00715. The number of hydrogen-bond acceptors (Lipinski definition) is 2. The van der Waals surface area contributed by atoms with Gasteiger partial charge in [-0.2, -0.15) is 13.2 Å². The second kappa shape index (κ2) is 4.56. The molecule has 7 heteroatoms. The van der Waals surface area contributed by atoms with Gasteiger partial charge in [0.15, 0.2) is 5.92 Å². The zero-order valence-electron chi connectivity index (χ0n) is 9.72. The fourth-order valence-electron chi connectivity index (χ4n) is 1.91. The van der Waals surface area contributed by atoms with Gasteiger partial charge in [0.25, 0.3) is 0 Å². The molecule has 0 spiro atoms. The molecule has 0 aliphatic heterocycles. The van der Waals surface area contributed by atoms with E-state index in [-0.39, 0.29) is 10.9 Å². The highest BCUT2D eigenvalue weighted by Gasteiger charge is 2.48. The molecule has 1 aromatic heterocycles. The van der Waals surface area contributed by atoms with Crippen LogP contribution in [0.3, 0.4) is 0 Å². The van der Waals surface area contributed by atoms with Gasteiger partial charge in [-0.1, -0.05) is 0 Å². The molecule has 0 aliphatic carbocycles. The third-order valence-electron chi connectivity index (χ3n) is 2.75. The Hall–Kier alpha value is -2.05. The standard InChI is InChI=1S/C12H9F4NO2/c1-19-11(18)10(12(14,15)16)8-5-17-9-3-2-6(13)4-7(8)9/h2-5,10,17H,1H3. The smallest absolute Gasteiger partial charge is 0.406 e. The lowest BCUT2D eigenvalue weighted by molar-refractivity contribution is -0.179. The summed E-state index contributed by atoms with van der Waals surface area (Å²) in [7, 11) is 0.872. The number of halogens is 4. The number of esters is 1. The van der Waals surface area contributed by atoms with Gasteiger partial charge in [0, 0.05) is 22.7 Å². The maximum absolute atomic E-state index is 13.1. The molecule has 0 saturated heterocycles. The lowest BCUT2D eigenvalue weighted by atomic mass is 9.98. The molecular weight excluding hydrogens is 266 g/mol. The quantitative estimate of drug-likeness (QED) is 0.676. The van der Waals surface area contributed by atoms with Crippen molar-refractivity contribution in [3.8, 4) is 0 Å². The fourth-order valence-corrected chi connectivity index (χ4v) is 1.91. The second-order valence-electron chi connectivity index (χ2n) is 3.93. The van der Waals surface area contributed by atoms with Crippen LogP contribution in [0.1, 0.15) is 11.5 Å². The van der Waals surface area contributed by atoms with E-state index in [1.54, 1.807) is 0 Å². The van der Waals surface area contributed by atoms with Crippen molar-refractivity contribution in [1.29, 1.82) is 0 Å². The largest absolute Gasteiger partial charge is 0.468 e. The lowest BCUT2D eigenvalue weighted by Crippen LogP contribution is -2.29. The molecule has 1 aromatic carbocycles. The van der Waals surface area contributed by atoms with Crippen LogP contribution in [-0.2, 0) is 9.53 Å². The normalized spacial score (nSPS) is 13.5. The maximum Gasteiger partial charge on any atom is 0.406 e. The molecule has 0 amide bonds. The van der Waals surface area contributed by atoms with Gasteiger partial charge < -0.3 is 9.72 Å². The molecule has 2 aromatic rings. The molecule has 0 aliphatic rings. The summed E-state index contributed by atoms with van der Waals surface area (Å²) in [5.74, 6) is -4.55. The summed E-state index contributed by atoms with van der Waals surface area (Å²) in [6.07, 6.45) is -3.77. The number of methoxy groups -OCH3 is 1. The van der Waals surface area contributed by atoms with Crippen molar-refractivity contribution in [2.45, 2.75) is 12.1 Å². The Morgan fingerprint density at radius 1 is 1.37 bits per heavy atom. The van der Waals surface area contributed by atoms with Crippen LogP contribution in [0.2, 0.25) is 0 Å². The number of benzene rings is 1. The zero-order valence-corrected chi connectivity index (χ0v) is 9.72. The molecule has 102 valence electrons. The third kappa shape index (κ3) is 2.40. The van der Waals surface area contributed by atoms with Gasteiger partial charge in [0.05, 0.1) is 7.11 Å². The molecule has 1 atom stereocenters. The predicted molar refractivity (Wildman–Crippen MR) is 59.1 cm³/mol. The summed E-state index contributed by atoms with van der Waals surface area (Å²) in [6, 6.07) is 3.37. The minimum absolute atomic E-state index is 0.00715. The van der Waals surface area contributed by atoms with E-state index in [1.807, 2.05) is 0 Å². The van der Waals surface area contributed by atoms with Crippen molar-refractivity contribution in [3.05, 3.63) is 35.8 Å². The van der Waals surface area contributed by atoms with E-state index in [0.717, 1.165) is 25.4 Å². The maximum atomic E-state index is 13.1. The number of carbonyl (C=O) groups is 1. The molecule has 1 heterocycles. The second-order valence-corrected chi connectivity index (χ2v) is 3.93. The van der Waals surface area contributed by atoms with Crippen LogP contribution in [0.15, 0.2) is 24.4 Å². The molecule has 3 nitrogen and oxygen atoms in total. The summed E-state index contributed by atoms with van der Waals surface area (Å²) in [6.45, 7) is 0. The highest BCUT2D eigenvalue weighted by Crippen LogP contribution is 2.39. The zero-order chi connectivity index (χ0) is 14.2. The van der Waals surface area contributed by atoms with Gasteiger partial charge in [-0.15, -0.1) is 0 Å². The number of aromatic nitrogens is 1. The topological polar surface area (TPSA) is 42.1 Å². The summed E-state index contributed by atoms with van der Waals surface area (Å²) in [4.78, 5) is 13.9. The van der Waals surface area contributed by atoms with E-state index in [9.17, 15) is 22.4 Å². The van der Waals surface area contributed by atoms with Crippen LogP contribution in [0.5, 0.6) is 0 Å². The predicted octanol–water partition coefficient (Wildman–Crippen LogP) is 3.13. The molecule has 1 unspecified atom stereocenters. The Bertz CT molecular complexity index is 618. The average molecular weight is 275 g/mol. The Labute approximate surface area is 105 Å². The lowest BCUT2D eigenvalue weighted by Gasteiger charge is -2.17. The minimum atomic E-state index is -4.81. The van der Waals surface area contributed by atoms with E-state index < -0.39 is 23.9 Å². The Kier molecular flexibility index (Phi) is 3.21. The van der Waals surface area contributed by atoms with Crippen molar-refractivity contribution in [1.82, 2.24) is 4.98 Å². The van der Waals surface area contributed by atoms with Crippen LogP contribution in [0.4, 0.5) is 17.6 Å². The molecule has 1 N–H and O–H groups in total. The van der Waals surface area contributed by atoms with Gasteiger partial charge in [-0.05, 0) is 18.2 Å². The number of fused-ring (bicyclic) bond motifs is 1. The number of aromatic amines is 1. The first-order chi connectivity index (χ1) is 8.84. The Morgan fingerprint density at radius 3 is 2.63 bits per heavy atom. The molecule has 0 saturated carbocycles. The van der Waals surface area contributed by atoms with Crippen molar-refractivity contribution in [2.24, 2.45) is 0 Å². The molecule has 2 rings (SSSR count). The number of nitrogens with one attached hydrogen (secondary N) is 1. The number of rotatable bonds is 2. The number of alkyl halides is 3. The number of H-pyrrole nitrogens is 1. The monoisotopic (exact) mass is 275 g/mol. The minimum Gasteiger partial charge on any atom is -0.468 e. The molecular formula is C12H9F4NO2. The van der Waals surface area contributed by atoms with E-state index >= 15 is 0 Å². The van der Waals surface area contributed by atoms with Crippen LogP contribution in [-0.4, -0.2) is 24.2 Å². The van der Waals surface area contributed by atoms with Crippen molar-refractivity contribution < 1.29 is 27.1 Å². The Balaban J connectivity index is 2.63. The van der Waals surface area contributed by atoms with Gasteiger partial charge in [0.2, 0.25) is 0 Å². The van der Waals surface area contributed by atoms with Crippen LogP contribution >= 0.6 is 0 Å². The number of carbonyl (C=O) groups excluding carboxylic acids is 1. The highest BCUT2D eigenvalue weighted by molar-refractivity contribution is 5.90. The first-order valence-electron chi connectivity index (χ1n) is 5.25. The van der Waals surface area contributed by atoms with Gasteiger partial charge >= 0.3 is 12.1 Å². The summed E-state index contributed by atoms with van der Waals surface area (Å²) >= 11 is 0. The van der Waals surface area contributed by atoms with Crippen molar-refractivity contribution >= 4 is 16.9 Å². The van der Waals surface area contributed by atoms with Crippen molar-refractivity contribution in [2.75, 3.05) is 7.11 Å². The molecule has 0 fully saturated rings.